The Balaban J connectivity index is 1.62. The van der Waals surface area contributed by atoms with Crippen LogP contribution in [0.1, 0.15) is 29.8 Å². The lowest BCUT2D eigenvalue weighted by Crippen LogP contribution is -2.32. The first-order valence-electron chi connectivity index (χ1n) is 8.17. The minimum atomic E-state index is -0.231. The second-order valence-electron chi connectivity index (χ2n) is 6.47. The van der Waals surface area contributed by atoms with E-state index >= 15 is 0 Å². The van der Waals surface area contributed by atoms with Gasteiger partial charge in [-0.3, -0.25) is 9.59 Å². The van der Waals surface area contributed by atoms with E-state index in [9.17, 15) is 9.59 Å². The van der Waals surface area contributed by atoms with Crippen LogP contribution in [0.25, 0.3) is 5.69 Å². The summed E-state index contributed by atoms with van der Waals surface area (Å²) in [5, 5.41) is 4.29. The molecule has 1 aromatic carbocycles. The van der Waals surface area contributed by atoms with E-state index in [1.54, 1.807) is 0 Å². The number of benzene rings is 1. The molecule has 23 heavy (non-hydrogen) atoms. The maximum absolute atomic E-state index is 12.7. The third kappa shape index (κ3) is 2.56. The molecule has 2 fully saturated rings. The molecule has 118 valence electrons. The van der Waals surface area contributed by atoms with E-state index in [0.29, 0.717) is 23.2 Å². The molecule has 5 heteroatoms. The number of fused-ring (bicyclic) bond motifs is 1. The molecule has 2 aliphatic rings. The Morgan fingerprint density at radius 2 is 1.70 bits per heavy atom. The summed E-state index contributed by atoms with van der Waals surface area (Å²) >= 11 is 0. The van der Waals surface area contributed by atoms with Gasteiger partial charge in [-0.25, -0.2) is 0 Å². The average Bonchev–Trinajstić information content (AvgIpc) is 3.17. The van der Waals surface area contributed by atoms with Gasteiger partial charge in [0.1, 0.15) is 5.69 Å². The SMILES string of the molecule is O=C(c1ccc(=O)n(-c2ccccc2)n1)N1C[C@H]2CCC[C@H]2C1. The van der Waals surface area contributed by atoms with Gasteiger partial charge in [0.2, 0.25) is 0 Å². The Kier molecular flexibility index (Phi) is 3.48. The van der Waals surface area contributed by atoms with Crippen molar-refractivity contribution in [2.24, 2.45) is 11.8 Å². The van der Waals surface area contributed by atoms with Crippen LogP contribution in [0.2, 0.25) is 0 Å². The Hall–Kier alpha value is -2.43. The summed E-state index contributed by atoms with van der Waals surface area (Å²) in [7, 11) is 0. The van der Waals surface area contributed by atoms with Crippen molar-refractivity contribution in [3.05, 3.63) is 58.5 Å². The molecule has 0 spiro atoms. The van der Waals surface area contributed by atoms with Gasteiger partial charge < -0.3 is 4.90 Å². The van der Waals surface area contributed by atoms with Crippen LogP contribution >= 0.6 is 0 Å². The quantitative estimate of drug-likeness (QED) is 0.853. The highest BCUT2D eigenvalue weighted by Gasteiger charge is 2.38. The van der Waals surface area contributed by atoms with Crippen molar-refractivity contribution in [2.45, 2.75) is 19.3 Å². The Labute approximate surface area is 134 Å². The summed E-state index contributed by atoms with van der Waals surface area (Å²) in [6.07, 6.45) is 3.74. The van der Waals surface area contributed by atoms with Gasteiger partial charge in [-0.2, -0.15) is 9.78 Å². The minimum Gasteiger partial charge on any atom is -0.337 e. The molecular formula is C18H19N3O2. The summed E-state index contributed by atoms with van der Waals surface area (Å²) in [6.45, 7) is 1.66. The number of para-hydroxylation sites is 1. The number of aromatic nitrogens is 2. The van der Waals surface area contributed by atoms with Gasteiger partial charge in [-0.1, -0.05) is 24.6 Å². The molecule has 2 aromatic rings. The van der Waals surface area contributed by atoms with E-state index in [0.717, 1.165) is 13.1 Å². The number of likely N-dealkylation sites (tertiary alicyclic amines) is 1. The Morgan fingerprint density at radius 3 is 2.39 bits per heavy atom. The van der Waals surface area contributed by atoms with Gasteiger partial charge in [0.05, 0.1) is 5.69 Å². The van der Waals surface area contributed by atoms with E-state index in [4.69, 9.17) is 0 Å². The van der Waals surface area contributed by atoms with Gasteiger partial charge in [0, 0.05) is 19.2 Å². The van der Waals surface area contributed by atoms with Crippen molar-refractivity contribution in [1.29, 1.82) is 0 Å². The Morgan fingerprint density at radius 1 is 1.00 bits per heavy atom. The fourth-order valence-corrected chi connectivity index (χ4v) is 3.84. The van der Waals surface area contributed by atoms with E-state index in [1.165, 1.54) is 36.1 Å². The fraction of sp³-hybridized carbons (Fsp3) is 0.389. The van der Waals surface area contributed by atoms with Crippen LogP contribution in [0.4, 0.5) is 0 Å². The third-order valence-electron chi connectivity index (χ3n) is 5.03. The van der Waals surface area contributed by atoms with Crippen LogP contribution in [0.15, 0.2) is 47.3 Å². The number of hydrogen-bond acceptors (Lipinski definition) is 3. The predicted molar refractivity (Wildman–Crippen MR) is 86.6 cm³/mol. The molecule has 4 rings (SSSR count). The summed E-state index contributed by atoms with van der Waals surface area (Å²) in [5.74, 6) is 1.24. The zero-order valence-corrected chi connectivity index (χ0v) is 12.9. The summed E-state index contributed by atoms with van der Waals surface area (Å²) in [6, 6.07) is 12.2. The van der Waals surface area contributed by atoms with Crippen molar-refractivity contribution < 1.29 is 4.79 Å². The molecule has 0 radical (unpaired) electrons. The first-order chi connectivity index (χ1) is 11.2. The summed E-state index contributed by atoms with van der Waals surface area (Å²) < 4.78 is 1.30. The second kappa shape index (κ2) is 5.65. The van der Waals surface area contributed by atoms with E-state index in [2.05, 4.69) is 5.10 Å². The van der Waals surface area contributed by atoms with Crippen molar-refractivity contribution >= 4 is 5.91 Å². The van der Waals surface area contributed by atoms with Crippen LogP contribution in [-0.4, -0.2) is 33.7 Å². The van der Waals surface area contributed by atoms with E-state index in [1.807, 2.05) is 35.2 Å². The largest absolute Gasteiger partial charge is 0.337 e. The predicted octanol–water partition coefficient (Wildman–Crippen LogP) is 2.10. The summed E-state index contributed by atoms with van der Waals surface area (Å²) in [5.41, 5.74) is 0.782. The number of rotatable bonds is 2. The second-order valence-corrected chi connectivity index (χ2v) is 6.47. The topological polar surface area (TPSA) is 55.2 Å². The lowest BCUT2D eigenvalue weighted by molar-refractivity contribution is 0.0772. The summed E-state index contributed by atoms with van der Waals surface area (Å²) in [4.78, 5) is 26.7. The lowest BCUT2D eigenvalue weighted by Gasteiger charge is -2.17. The van der Waals surface area contributed by atoms with Gasteiger partial charge >= 0.3 is 0 Å². The van der Waals surface area contributed by atoms with Crippen LogP contribution in [0.5, 0.6) is 0 Å². The van der Waals surface area contributed by atoms with Gasteiger partial charge in [-0.15, -0.1) is 0 Å². The van der Waals surface area contributed by atoms with Crippen LogP contribution < -0.4 is 5.56 Å². The van der Waals surface area contributed by atoms with E-state index < -0.39 is 0 Å². The maximum Gasteiger partial charge on any atom is 0.274 e. The molecule has 1 aromatic heterocycles. The molecule has 1 aliphatic carbocycles. The highest BCUT2D eigenvalue weighted by Crippen LogP contribution is 2.37. The maximum atomic E-state index is 12.7. The van der Waals surface area contributed by atoms with Crippen molar-refractivity contribution in [3.8, 4) is 5.69 Å². The lowest BCUT2D eigenvalue weighted by atomic mass is 10.0. The number of carbonyl (C=O) groups is 1. The highest BCUT2D eigenvalue weighted by molar-refractivity contribution is 5.92. The van der Waals surface area contributed by atoms with Crippen molar-refractivity contribution in [2.75, 3.05) is 13.1 Å². The smallest absolute Gasteiger partial charge is 0.274 e. The molecule has 1 saturated carbocycles. The van der Waals surface area contributed by atoms with Gasteiger partial charge in [-0.05, 0) is 42.9 Å². The Bertz CT molecular complexity index is 772. The van der Waals surface area contributed by atoms with Crippen LogP contribution in [-0.2, 0) is 0 Å². The molecule has 0 unspecified atom stereocenters. The molecular weight excluding hydrogens is 290 g/mol. The minimum absolute atomic E-state index is 0.0657. The molecule has 1 amide bonds. The molecule has 2 atom stereocenters. The van der Waals surface area contributed by atoms with Gasteiger partial charge in [0.15, 0.2) is 0 Å². The third-order valence-corrected chi connectivity index (χ3v) is 5.03. The zero-order chi connectivity index (χ0) is 15.8. The fourth-order valence-electron chi connectivity index (χ4n) is 3.84. The number of amides is 1. The molecule has 2 heterocycles. The number of hydrogen-bond donors (Lipinski definition) is 0. The molecule has 0 N–H and O–H groups in total. The van der Waals surface area contributed by atoms with Crippen LogP contribution in [0.3, 0.4) is 0 Å². The highest BCUT2D eigenvalue weighted by atomic mass is 16.2. The monoisotopic (exact) mass is 309 g/mol. The van der Waals surface area contributed by atoms with Crippen molar-refractivity contribution in [3.63, 3.8) is 0 Å². The first kappa shape index (κ1) is 14.2. The average molecular weight is 309 g/mol. The van der Waals surface area contributed by atoms with Crippen molar-refractivity contribution in [1.82, 2.24) is 14.7 Å². The first-order valence-corrected chi connectivity index (χ1v) is 8.17. The number of nitrogens with zero attached hydrogens (tertiary/aromatic N) is 3. The van der Waals surface area contributed by atoms with Crippen LogP contribution in [0, 0.1) is 11.8 Å². The van der Waals surface area contributed by atoms with E-state index in [-0.39, 0.29) is 11.5 Å². The molecule has 1 aliphatic heterocycles. The molecule has 5 nitrogen and oxygen atoms in total. The number of carbonyl (C=O) groups excluding carboxylic acids is 1. The van der Waals surface area contributed by atoms with Gasteiger partial charge in [0.25, 0.3) is 11.5 Å². The molecule has 1 saturated heterocycles. The zero-order valence-electron chi connectivity index (χ0n) is 12.9. The normalized spacial score (nSPS) is 23.0. The standard InChI is InChI=1S/C18H19N3O2/c22-17-10-9-16(19-21(17)15-7-2-1-3-8-15)18(23)20-11-13-5-4-6-14(13)12-20/h1-3,7-10,13-14H,4-6,11-12H2/t13-,14+. The molecule has 0 bridgehead atoms.